The minimum Gasteiger partial charge on any atom is -0.345 e. The molecule has 3 rings (SSSR count). The van der Waals surface area contributed by atoms with Crippen LogP contribution in [-0.4, -0.2) is 5.91 Å². The van der Waals surface area contributed by atoms with Gasteiger partial charge in [0.1, 0.15) is 0 Å². The Morgan fingerprint density at radius 1 is 1.00 bits per heavy atom. The van der Waals surface area contributed by atoms with Gasteiger partial charge >= 0.3 is 0 Å². The van der Waals surface area contributed by atoms with Crippen molar-refractivity contribution in [2.45, 2.75) is 31.7 Å². The number of rotatable bonds is 4. The maximum atomic E-state index is 12.6. The third kappa shape index (κ3) is 3.33. The Balaban J connectivity index is 1.84. The highest BCUT2D eigenvalue weighted by atomic mass is 35.5. The molecule has 114 valence electrons. The first-order valence-corrected chi connectivity index (χ1v) is 8.24. The second-order valence-corrected chi connectivity index (χ2v) is 6.29. The average Bonchev–Trinajstić information content (AvgIpc) is 3.08. The largest absolute Gasteiger partial charge is 0.345 e. The normalized spacial score (nSPS) is 16.4. The molecule has 0 bridgehead atoms. The van der Waals surface area contributed by atoms with Crippen molar-refractivity contribution in [3.63, 3.8) is 0 Å². The van der Waals surface area contributed by atoms with Gasteiger partial charge in [0.2, 0.25) is 0 Å². The monoisotopic (exact) mass is 313 g/mol. The van der Waals surface area contributed by atoms with E-state index in [-0.39, 0.29) is 11.9 Å². The highest BCUT2D eigenvalue weighted by Gasteiger charge is 2.28. The van der Waals surface area contributed by atoms with Crippen LogP contribution in [0.15, 0.2) is 54.6 Å². The fraction of sp³-hybridized carbons (Fsp3) is 0.316. The summed E-state index contributed by atoms with van der Waals surface area (Å²) in [4.78, 5) is 12.6. The van der Waals surface area contributed by atoms with Crippen molar-refractivity contribution in [3.05, 3.63) is 70.7 Å². The van der Waals surface area contributed by atoms with Gasteiger partial charge in [0.15, 0.2) is 0 Å². The Hall–Kier alpha value is -1.80. The fourth-order valence-corrected chi connectivity index (χ4v) is 3.51. The molecule has 22 heavy (non-hydrogen) atoms. The lowest BCUT2D eigenvalue weighted by Crippen LogP contribution is -2.32. The van der Waals surface area contributed by atoms with Crippen LogP contribution in [0.1, 0.15) is 47.6 Å². The predicted octanol–water partition coefficient (Wildman–Crippen LogP) is 5.00. The van der Waals surface area contributed by atoms with Gasteiger partial charge in [0.05, 0.1) is 16.6 Å². The molecule has 2 nitrogen and oxygen atoms in total. The van der Waals surface area contributed by atoms with Crippen LogP contribution < -0.4 is 5.32 Å². The Kier molecular flexibility index (Phi) is 4.79. The van der Waals surface area contributed by atoms with Crippen molar-refractivity contribution in [2.75, 3.05) is 0 Å². The van der Waals surface area contributed by atoms with Crippen LogP contribution in [-0.2, 0) is 0 Å². The van der Waals surface area contributed by atoms with E-state index in [1.54, 1.807) is 12.1 Å². The number of hydrogen-bond donors (Lipinski definition) is 1. The molecule has 0 aliphatic heterocycles. The summed E-state index contributed by atoms with van der Waals surface area (Å²) in [5, 5.41) is 3.71. The summed E-state index contributed by atoms with van der Waals surface area (Å²) < 4.78 is 0. The van der Waals surface area contributed by atoms with E-state index in [1.807, 2.05) is 30.3 Å². The van der Waals surface area contributed by atoms with E-state index in [0.29, 0.717) is 16.5 Å². The second-order valence-electron chi connectivity index (χ2n) is 5.89. The zero-order valence-electron chi connectivity index (χ0n) is 12.5. The first-order valence-electron chi connectivity index (χ1n) is 7.86. The maximum Gasteiger partial charge on any atom is 0.253 e. The minimum absolute atomic E-state index is 0.0625. The van der Waals surface area contributed by atoms with Crippen molar-refractivity contribution >= 4 is 17.5 Å². The topological polar surface area (TPSA) is 29.1 Å². The van der Waals surface area contributed by atoms with Gasteiger partial charge in [-0.05, 0) is 36.5 Å². The molecule has 1 aliphatic rings. The molecule has 1 aliphatic carbocycles. The molecule has 3 heteroatoms. The van der Waals surface area contributed by atoms with Crippen LogP contribution in [0.25, 0.3) is 0 Å². The smallest absolute Gasteiger partial charge is 0.253 e. The van der Waals surface area contributed by atoms with E-state index in [4.69, 9.17) is 11.6 Å². The summed E-state index contributed by atoms with van der Waals surface area (Å²) in [5.41, 5.74) is 1.72. The molecule has 0 aromatic heterocycles. The molecule has 1 atom stereocenters. The van der Waals surface area contributed by atoms with Crippen molar-refractivity contribution < 1.29 is 4.79 Å². The second kappa shape index (κ2) is 6.97. The SMILES string of the molecule is O=C(NC(c1ccccc1)C1CCCC1)c1ccccc1Cl. The quantitative estimate of drug-likeness (QED) is 0.845. The number of carbonyl (C=O) groups excluding carboxylic acids is 1. The van der Waals surface area contributed by atoms with Gasteiger partial charge < -0.3 is 5.32 Å². The highest BCUT2D eigenvalue weighted by Crippen LogP contribution is 2.36. The molecular weight excluding hydrogens is 294 g/mol. The summed E-state index contributed by atoms with van der Waals surface area (Å²) in [6, 6.07) is 17.5. The van der Waals surface area contributed by atoms with Crippen LogP contribution >= 0.6 is 11.6 Å². The number of amides is 1. The molecule has 0 radical (unpaired) electrons. The van der Waals surface area contributed by atoms with E-state index in [1.165, 1.54) is 31.2 Å². The first-order chi connectivity index (χ1) is 10.8. The van der Waals surface area contributed by atoms with Crippen LogP contribution in [0.3, 0.4) is 0 Å². The Labute approximate surface area is 136 Å². The van der Waals surface area contributed by atoms with Crippen molar-refractivity contribution in [1.82, 2.24) is 5.32 Å². The van der Waals surface area contributed by atoms with Gasteiger partial charge in [-0.1, -0.05) is 66.9 Å². The van der Waals surface area contributed by atoms with Crippen LogP contribution in [0.2, 0.25) is 5.02 Å². The molecule has 1 unspecified atom stereocenters. The molecule has 1 N–H and O–H groups in total. The Morgan fingerprint density at radius 2 is 1.64 bits per heavy atom. The molecule has 0 spiro atoms. The lowest BCUT2D eigenvalue weighted by molar-refractivity contribution is 0.0922. The van der Waals surface area contributed by atoms with E-state index in [0.717, 1.165) is 0 Å². The number of benzene rings is 2. The van der Waals surface area contributed by atoms with Gasteiger partial charge in [-0.2, -0.15) is 0 Å². The Bertz CT molecular complexity index is 635. The minimum atomic E-state index is -0.0913. The summed E-state index contributed by atoms with van der Waals surface area (Å²) in [5.74, 6) is 0.417. The zero-order valence-corrected chi connectivity index (χ0v) is 13.2. The van der Waals surface area contributed by atoms with E-state index in [2.05, 4.69) is 17.4 Å². The third-order valence-corrected chi connectivity index (χ3v) is 4.76. The molecule has 1 fully saturated rings. The van der Waals surface area contributed by atoms with Crippen molar-refractivity contribution in [2.24, 2.45) is 5.92 Å². The van der Waals surface area contributed by atoms with Gasteiger partial charge in [-0.15, -0.1) is 0 Å². The molecular formula is C19H20ClNO. The molecule has 0 heterocycles. The summed E-state index contributed by atoms with van der Waals surface area (Å²) in [7, 11) is 0. The zero-order chi connectivity index (χ0) is 15.4. The van der Waals surface area contributed by atoms with E-state index < -0.39 is 0 Å². The molecule has 1 amide bonds. The molecule has 0 saturated heterocycles. The van der Waals surface area contributed by atoms with E-state index >= 15 is 0 Å². The average molecular weight is 314 g/mol. The third-order valence-electron chi connectivity index (χ3n) is 4.44. The van der Waals surface area contributed by atoms with Gasteiger partial charge in [0.25, 0.3) is 5.91 Å². The molecule has 2 aromatic rings. The predicted molar refractivity (Wildman–Crippen MR) is 90.1 cm³/mol. The van der Waals surface area contributed by atoms with Gasteiger partial charge in [-0.25, -0.2) is 0 Å². The lowest BCUT2D eigenvalue weighted by atomic mass is 9.91. The Morgan fingerprint density at radius 3 is 2.32 bits per heavy atom. The number of halogens is 1. The number of hydrogen-bond acceptors (Lipinski definition) is 1. The van der Waals surface area contributed by atoms with Crippen LogP contribution in [0.4, 0.5) is 0 Å². The van der Waals surface area contributed by atoms with Gasteiger partial charge in [0, 0.05) is 0 Å². The summed E-state index contributed by atoms with van der Waals surface area (Å²) in [6.07, 6.45) is 4.83. The van der Waals surface area contributed by atoms with E-state index in [9.17, 15) is 4.79 Å². The van der Waals surface area contributed by atoms with Crippen LogP contribution in [0, 0.1) is 5.92 Å². The first kappa shape index (κ1) is 15.1. The number of carbonyl (C=O) groups is 1. The van der Waals surface area contributed by atoms with Crippen molar-refractivity contribution in [3.8, 4) is 0 Å². The summed E-state index contributed by atoms with van der Waals surface area (Å²) >= 11 is 6.15. The highest BCUT2D eigenvalue weighted by molar-refractivity contribution is 6.33. The van der Waals surface area contributed by atoms with Crippen LogP contribution in [0.5, 0.6) is 0 Å². The maximum absolute atomic E-state index is 12.6. The fourth-order valence-electron chi connectivity index (χ4n) is 3.29. The number of nitrogens with one attached hydrogen (secondary N) is 1. The molecule has 1 saturated carbocycles. The summed E-state index contributed by atoms with van der Waals surface area (Å²) in [6.45, 7) is 0. The standard InChI is InChI=1S/C19H20ClNO/c20-17-13-7-6-12-16(17)19(22)21-18(15-10-4-5-11-15)14-8-2-1-3-9-14/h1-3,6-9,12-13,15,18H,4-5,10-11H2,(H,21,22). The van der Waals surface area contributed by atoms with Crippen molar-refractivity contribution in [1.29, 1.82) is 0 Å². The molecule has 2 aromatic carbocycles. The van der Waals surface area contributed by atoms with Gasteiger partial charge in [-0.3, -0.25) is 4.79 Å². The lowest BCUT2D eigenvalue weighted by Gasteiger charge is -2.25.